The van der Waals surface area contributed by atoms with Gasteiger partial charge in [-0.2, -0.15) is 0 Å². The van der Waals surface area contributed by atoms with Crippen molar-refractivity contribution >= 4 is 0 Å². The molecule has 92 valence electrons. The average molecular weight is 222 g/mol. The summed E-state index contributed by atoms with van der Waals surface area (Å²) in [5.41, 5.74) is 1.63. The lowest BCUT2D eigenvalue weighted by molar-refractivity contribution is 0.270. The van der Waals surface area contributed by atoms with Crippen LogP contribution in [0.1, 0.15) is 46.0 Å². The molecule has 0 saturated carbocycles. The Morgan fingerprint density at radius 3 is 2.88 bits per heavy atom. The van der Waals surface area contributed by atoms with Crippen molar-refractivity contribution in [3.05, 3.63) is 24.4 Å². The fourth-order valence-electron chi connectivity index (χ4n) is 2.43. The van der Waals surface area contributed by atoms with Gasteiger partial charge in [0, 0.05) is 17.8 Å². The first kappa shape index (κ1) is 13.3. The van der Waals surface area contributed by atoms with Gasteiger partial charge in [-0.05, 0) is 38.3 Å². The molecule has 1 atom stereocenters. The highest BCUT2D eigenvalue weighted by Crippen LogP contribution is 2.19. The predicted molar refractivity (Wildman–Crippen MR) is 71.4 cm³/mol. The molecule has 2 heteroatoms. The molecular formula is C14H26N2. The van der Waals surface area contributed by atoms with Gasteiger partial charge in [0.2, 0.25) is 0 Å². The molecule has 0 spiro atoms. The molecule has 0 amide bonds. The van der Waals surface area contributed by atoms with Crippen LogP contribution in [-0.2, 0) is 0 Å². The minimum absolute atomic E-state index is 0.287. The molecule has 2 N–H and O–H groups in total. The normalized spacial score (nSPS) is 29.2. The molecular weight excluding hydrogens is 196 g/mol. The van der Waals surface area contributed by atoms with Crippen LogP contribution in [0, 0.1) is 0 Å². The molecule has 1 fully saturated rings. The zero-order chi connectivity index (χ0) is 11.9. The van der Waals surface area contributed by atoms with Crippen LogP contribution in [-0.4, -0.2) is 18.6 Å². The third-order valence-electron chi connectivity index (χ3n) is 3.50. The summed E-state index contributed by atoms with van der Waals surface area (Å²) in [6.07, 6.45) is 10.0. The second-order valence-corrected chi connectivity index (χ2v) is 4.70. The van der Waals surface area contributed by atoms with Crippen LogP contribution in [0.2, 0.25) is 0 Å². The molecule has 0 aliphatic carbocycles. The van der Waals surface area contributed by atoms with Gasteiger partial charge in [0.1, 0.15) is 0 Å². The molecule has 1 aliphatic heterocycles. The van der Waals surface area contributed by atoms with Crippen molar-refractivity contribution in [1.82, 2.24) is 10.6 Å². The van der Waals surface area contributed by atoms with Crippen molar-refractivity contribution < 1.29 is 0 Å². The third-order valence-corrected chi connectivity index (χ3v) is 3.50. The second kappa shape index (κ2) is 6.74. The number of allylic oxidation sites excluding steroid dienone is 3. The van der Waals surface area contributed by atoms with E-state index in [-0.39, 0.29) is 5.54 Å². The zero-order valence-corrected chi connectivity index (χ0v) is 10.8. The Hall–Kier alpha value is -0.760. The van der Waals surface area contributed by atoms with Crippen LogP contribution in [0.4, 0.5) is 0 Å². The molecule has 2 nitrogen and oxygen atoms in total. The largest absolute Gasteiger partial charge is 0.386 e. The SMILES string of the molecule is C=C/C=C1/CCCNC(CC)(CCC)CN1. The summed E-state index contributed by atoms with van der Waals surface area (Å²) in [5.74, 6) is 0. The van der Waals surface area contributed by atoms with E-state index in [2.05, 4.69) is 37.1 Å². The Morgan fingerprint density at radius 1 is 1.44 bits per heavy atom. The topological polar surface area (TPSA) is 24.1 Å². The van der Waals surface area contributed by atoms with Crippen molar-refractivity contribution in [2.75, 3.05) is 13.1 Å². The van der Waals surface area contributed by atoms with Crippen LogP contribution in [0.3, 0.4) is 0 Å². The predicted octanol–water partition coefficient (Wildman–Crippen LogP) is 2.98. The Kier molecular flexibility index (Phi) is 5.61. The van der Waals surface area contributed by atoms with Gasteiger partial charge >= 0.3 is 0 Å². The summed E-state index contributed by atoms with van der Waals surface area (Å²) in [6.45, 7) is 10.5. The van der Waals surface area contributed by atoms with E-state index in [1.807, 2.05) is 6.08 Å². The summed E-state index contributed by atoms with van der Waals surface area (Å²) in [5, 5.41) is 7.31. The van der Waals surface area contributed by atoms with Crippen LogP contribution in [0.25, 0.3) is 0 Å². The first-order valence-corrected chi connectivity index (χ1v) is 6.57. The lowest BCUT2D eigenvalue weighted by Gasteiger charge is -2.37. The summed E-state index contributed by atoms with van der Waals surface area (Å²) < 4.78 is 0. The Balaban J connectivity index is 2.66. The number of nitrogens with one attached hydrogen (secondary N) is 2. The minimum Gasteiger partial charge on any atom is -0.386 e. The van der Waals surface area contributed by atoms with E-state index in [1.54, 1.807) is 0 Å². The van der Waals surface area contributed by atoms with Crippen LogP contribution in [0.5, 0.6) is 0 Å². The summed E-state index contributed by atoms with van der Waals surface area (Å²) in [6, 6.07) is 0. The van der Waals surface area contributed by atoms with Crippen LogP contribution in [0.15, 0.2) is 24.4 Å². The zero-order valence-electron chi connectivity index (χ0n) is 10.8. The quantitative estimate of drug-likeness (QED) is 0.764. The van der Waals surface area contributed by atoms with E-state index < -0.39 is 0 Å². The monoisotopic (exact) mass is 222 g/mol. The highest BCUT2D eigenvalue weighted by Gasteiger charge is 2.27. The van der Waals surface area contributed by atoms with Gasteiger partial charge in [-0.1, -0.05) is 32.9 Å². The van der Waals surface area contributed by atoms with E-state index in [0.717, 1.165) is 19.5 Å². The standard InChI is InChI=1S/C14H26N2/c1-4-8-13-9-7-11-16-14(6-3,10-5-2)12-15-13/h4,8,15-16H,1,5-7,9-12H2,2-3H3/b13-8-. The van der Waals surface area contributed by atoms with Gasteiger partial charge in [0.15, 0.2) is 0 Å². The molecule has 0 bridgehead atoms. The van der Waals surface area contributed by atoms with Gasteiger partial charge in [0.25, 0.3) is 0 Å². The summed E-state index contributed by atoms with van der Waals surface area (Å²) >= 11 is 0. The molecule has 0 aromatic heterocycles. The maximum absolute atomic E-state index is 3.77. The van der Waals surface area contributed by atoms with Gasteiger partial charge in [0.05, 0.1) is 0 Å². The first-order chi connectivity index (χ1) is 7.76. The molecule has 1 aliphatic rings. The Bertz CT molecular complexity index is 245. The maximum Gasteiger partial charge on any atom is 0.0351 e. The minimum atomic E-state index is 0.287. The van der Waals surface area contributed by atoms with E-state index in [0.29, 0.717) is 0 Å². The van der Waals surface area contributed by atoms with Crippen molar-refractivity contribution in [3.63, 3.8) is 0 Å². The highest BCUT2D eigenvalue weighted by molar-refractivity contribution is 5.10. The molecule has 1 heterocycles. The molecule has 0 aromatic carbocycles. The highest BCUT2D eigenvalue weighted by atomic mass is 15.0. The Morgan fingerprint density at radius 2 is 2.25 bits per heavy atom. The average Bonchev–Trinajstić information content (AvgIpc) is 2.27. The van der Waals surface area contributed by atoms with Crippen molar-refractivity contribution in [1.29, 1.82) is 0 Å². The van der Waals surface area contributed by atoms with Crippen LogP contribution >= 0.6 is 0 Å². The molecule has 1 saturated heterocycles. The summed E-state index contributed by atoms with van der Waals surface area (Å²) in [4.78, 5) is 0. The Labute approximate surface area is 100 Å². The van der Waals surface area contributed by atoms with Gasteiger partial charge in [-0.25, -0.2) is 0 Å². The summed E-state index contributed by atoms with van der Waals surface area (Å²) in [7, 11) is 0. The number of hydrogen-bond acceptors (Lipinski definition) is 2. The van der Waals surface area contributed by atoms with Crippen molar-refractivity contribution in [3.8, 4) is 0 Å². The molecule has 1 unspecified atom stereocenters. The van der Waals surface area contributed by atoms with Gasteiger partial charge < -0.3 is 10.6 Å². The van der Waals surface area contributed by atoms with Gasteiger partial charge in [-0.3, -0.25) is 0 Å². The third kappa shape index (κ3) is 3.67. The van der Waals surface area contributed by atoms with Gasteiger partial charge in [-0.15, -0.1) is 0 Å². The number of hydrogen-bond donors (Lipinski definition) is 2. The van der Waals surface area contributed by atoms with E-state index >= 15 is 0 Å². The molecule has 1 rings (SSSR count). The lowest BCUT2D eigenvalue weighted by Crippen LogP contribution is -2.53. The fraction of sp³-hybridized carbons (Fsp3) is 0.714. The van der Waals surface area contributed by atoms with E-state index in [4.69, 9.17) is 0 Å². The van der Waals surface area contributed by atoms with Crippen LogP contribution < -0.4 is 10.6 Å². The maximum atomic E-state index is 3.77. The lowest BCUT2D eigenvalue weighted by atomic mass is 9.89. The van der Waals surface area contributed by atoms with Crippen molar-refractivity contribution in [2.24, 2.45) is 0 Å². The first-order valence-electron chi connectivity index (χ1n) is 6.57. The van der Waals surface area contributed by atoms with Crippen molar-refractivity contribution in [2.45, 2.75) is 51.5 Å². The fourth-order valence-corrected chi connectivity index (χ4v) is 2.43. The molecule has 0 aromatic rings. The molecule has 0 radical (unpaired) electrons. The number of rotatable bonds is 4. The molecule has 16 heavy (non-hydrogen) atoms. The van der Waals surface area contributed by atoms with E-state index in [9.17, 15) is 0 Å². The second-order valence-electron chi connectivity index (χ2n) is 4.70. The smallest absolute Gasteiger partial charge is 0.0351 e. The van der Waals surface area contributed by atoms with E-state index in [1.165, 1.54) is 31.4 Å².